The highest BCUT2D eigenvalue weighted by Gasteiger charge is 2.27. The molecule has 2 heterocycles. The molecule has 3 aromatic carbocycles. The van der Waals surface area contributed by atoms with E-state index in [2.05, 4.69) is 20.2 Å². The van der Waals surface area contributed by atoms with Gasteiger partial charge in [0.15, 0.2) is 0 Å². The molecule has 0 unspecified atom stereocenters. The third kappa shape index (κ3) is 7.29. The number of carbonyl (C=O) groups is 4. The first kappa shape index (κ1) is 34.3. The van der Waals surface area contributed by atoms with E-state index in [9.17, 15) is 37.8 Å². The average Bonchev–Trinajstić information content (AvgIpc) is 3.39. The van der Waals surface area contributed by atoms with Gasteiger partial charge in [-0.1, -0.05) is 30.3 Å². The van der Waals surface area contributed by atoms with Gasteiger partial charge < -0.3 is 30.4 Å². The highest BCUT2D eigenvalue weighted by molar-refractivity contribution is 7.89. The normalized spacial score (nSPS) is 11.3. The number of fused-ring (bicyclic) bond motifs is 2. The number of nitrogens with one attached hydrogen (secondary N) is 3. The number of aryl methyl sites for hydroxylation is 2. The summed E-state index contributed by atoms with van der Waals surface area (Å²) < 4.78 is 37.0. The van der Waals surface area contributed by atoms with Crippen molar-refractivity contribution in [3.05, 3.63) is 89.5 Å². The van der Waals surface area contributed by atoms with E-state index in [0.717, 1.165) is 23.2 Å². The molecule has 5 rings (SSSR count). The summed E-state index contributed by atoms with van der Waals surface area (Å²) in [5.74, 6) is -4.40. The van der Waals surface area contributed by atoms with Crippen molar-refractivity contribution in [3.8, 4) is 17.5 Å². The number of esters is 1. The quantitative estimate of drug-likeness (QED) is 0.0576. The van der Waals surface area contributed by atoms with Crippen molar-refractivity contribution in [1.82, 2.24) is 20.1 Å². The molecule has 0 saturated heterocycles. The summed E-state index contributed by atoms with van der Waals surface area (Å²) in [6.07, 6.45) is 0. The van der Waals surface area contributed by atoms with Gasteiger partial charge >= 0.3 is 11.9 Å². The van der Waals surface area contributed by atoms with Crippen molar-refractivity contribution in [3.63, 3.8) is 0 Å². The van der Waals surface area contributed by atoms with Crippen LogP contribution in [-0.2, 0) is 31.5 Å². The number of carbonyl (C=O) groups excluding carboxylic acids is 4. The zero-order valence-electron chi connectivity index (χ0n) is 26.5. The van der Waals surface area contributed by atoms with Crippen LogP contribution in [-0.4, -0.2) is 66.7 Å². The lowest BCUT2D eigenvalue weighted by atomic mass is 10.0. The van der Waals surface area contributed by atoms with Crippen LogP contribution in [0.3, 0.4) is 0 Å². The standard InChI is InChI=1S/C33H31N5O10S/c1-19-12-13-25(49(45,46)36-17-27(40)34-16-26(39)35-18-30(43)48-38-28(41)14-15-29(38)42)20(2)32(19)47-33(44)31-21-8-4-6-10-23(21)37(3)24-11-7-5-9-22(24)31/h4-15,36H,16-18H2,1-3H3,(H3,34,35,39,40,44)/p+1. The SMILES string of the molecule is Cc1ccc(S(=O)(=O)NCC(=O)NCC(=O)NCC(=O)On2c(O)ccc2O)c(C)c1OC(=O)c1c2ccccc2[n+](C)c2ccccc12. The number of para-hydroxylation sites is 2. The number of pyridine rings is 1. The Balaban J connectivity index is 1.23. The summed E-state index contributed by atoms with van der Waals surface area (Å²) in [6, 6.07) is 19.7. The molecule has 0 atom stereocenters. The lowest BCUT2D eigenvalue weighted by molar-refractivity contribution is -0.617. The van der Waals surface area contributed by atoms with Gasteiger partial charge in [0.1, 0.15) is 19.3 Å². The number of hydrogen-bond acceptors (Lipinski definition) is 10. The molecular weight excluding hydrogens is 658 g/mol. The van der Waals surface area contributed by atoms with Gasteiger partial charge in [0.2, 0.25) is 44.6 Å². The summed E-state index contributed by atoms with van der Waals surface area (Å²) >= 11 is 0. The minimum Gasteiger partial charge on any atom is -0.492 e. The predicted octanol–water partition coefficient (Wildman–Crippen LogP) is 1.03. The molecule has 16 heteroatoms. The van der Waals surface area contributed by atoms with Gasteiger partial charge in [-0.3, -0.25) is 9.59 Å². The first-order valence-electron chi connectivity index (χ1n) is 14.7. The van der Waals surface area contributed by atoms with E-state index in [-0.39, 0.29) is 16.2 Å². The van der Waals surface area contributed by atoms with Crippen molar-refractivity contribution >= 4 is 55.6 Å². The van der Waals surface area contributed by atoms with Crippen LogP contribution in [0.15, 0.2) is 77.7 Å². The number of rotatable bonds is 11. The molecule has 0 aliphatic carbocycles. The molecule has 0 saturated carbocycles. The lowest BCUT2D eigenvalue weighted by Crippen LogP contribution is -2.43. The largest absolute Gasteiger partial charge is 0.492 e. The van der Waals surface area contributed by atoms with E-state index in [4.69, 9.17) is 4.74 Å². The van der Waals surface area contributed by atoms with Crippen molar-refractivity contribution in [1.29, 1.82) is 0 Å². The Labute approximate surface area is 279 Å². The van der Waals surface area contributed by atoms with Crippen LogP contribution in [0.5, 0.6) is 17.5 Å². The third-order valence-electron chi connectivity index (χ3n) is 7.60. The molecule has 2 aromatic heterocycles. The Morgan fingerprint density at radius 3 is 1.94 bits per heavy atom. The third-order valence-corrected chi connectivity index (χ3v) is 9.15. The summed E-state index contributed by atoms with van der Waals surface area (Å²) in [6.45, 7) is 1.17. The zero-order valence-corrected chi connectivity index (χ0v) is 27.3. The summed E-state index contributed by atoms with van der Waals surface area (Å²) in [7, 11) is -2.40. The highest BCUT2D eigenvalue weighted by Crippen LogP contribution is 2.32. The molecule has 5 N–H and O–H groups in total. The van der Waals surface area contributed by atoms with Crippen LogP contribution in [0.4, 0.5) is 0 Å². The fraction of sp³-hybridized carbons (Fsp3) is 0.182. The minimum absolute atomic E-state index is 0.0520. The topological polar surface area (TPSA) is 206 Å². The molecule has 0 fully saturated rings. The number of aromatic hydroxyl groups is 2. The minimum atomic E-state index is -4.30. The van der Waals surface area contributed by atoms with Crippen molar-refractivity contribution in [2.75, 3.05) is 19.6 Å². The van der Waals surface area contributed by atoms with Crippen molar-refractivity contribution in [2.45, 2.75) is 18.7 Å². The zero-order chi connectivity index (χ0) is 35.5. The molecule has 15 nitrogen and oxygen atoms in total. The second-order valence-corrected chi connectivity index (χ2v) is 12.6. The maximum absolute atomic E-state index is 13.8. The number of aromatic nitrogens is 2. The second kappa shape index (κ2) is 14.0. The summed E-state index contributed by atoms with van der Waals surface area (Å²) in [5.41, 5.74) is 2.58. The van der Waals surface area contributed by atoms with Crippen LogP contribution >= 0.6 is 0 Å². The Morgan fingerprint density at radius 1 is 0.776 bits per heavy atom. The van der Waals surface area contributed by atoms with E-state index in [1.54, 1.807) is 6.92 Å². The average molecular weight is 691 g/mol. The van der Waals surface area contributed by atoms with Crippen molar-refractivity contribution < 1.29 is 52.0 Å². The number of hydrogen-bond donors (Lipinski definition) is 5. The molecule has 0 radical (unpaired) electrons. The number of ether oxygens (including phenoxy) is 1. The van der Waals surface area contributed by atoms with E-state index < -0.39 is 65.2 Å². The monoisotopic (exact) mass is 690 g/mol. The van der Waals surface area contributed by atoms with Gasteiger partial charge in [0.25, 0.3) is 0 Å². The fourth-order valence-corrected chi connectivity index (χ4v) is 6.41. The van der Waals surface area contributed by atoms with Crippen molar-refractivity contribution in [2.24, 2.45) is 7.05 Å². The number of benzene rings is 3. The highest BCUT2D eigenvalue weighted by atomic mass is 32.2. The smallest absolute Gasteiger partial charge is 0.352 e. The predicted molar refractivity (Wildman–Crippen MR) is 174 cm³/mol. The Kier molecular flexibility index (Phi) is 9.81. The molecule has 5 aromatic rings. The fourth-order valence-electron chi connectivity index (χ4n) is 5.19. The number of sulfonamides is 1. The van der Waals surface area contributed by atoms with Crippen LogP contribution in [0.2, 0.25) is 0 Å². The van der Waals surface area contributed by atoms with Gasteiger partial charge in [-0.15, -0.1) is 4.73 Å². The Morgan fingerprint density at radius 2 is 1.33 bits per heavy atom. The summed E-state index contributed by atoms with van der Waals surface area (Å²) in [5, 5.41) is 24.7. The van der Waals surface area contributed by atoms with Crippen LogP contribution in [0, 0.1) is 13.8 Å². The molecular formula is C33H32N5O10S+. The molecule has 49 heavy (non-hydrogen) atoms. The van der Waals surface area contributed by atoms with Gasteiger partial charge in [-0.05, 0) is 37.6 Å². The number of amides is 2. The van der Waals surface area contributed by atoms with Gasteiger partial charge in [-0.25, -0.2) is 22.7 Å². The maximum Gasteiger partial charge on any atom is 0.352 e. The summed E-state index contributed by atoms with van der Waals surface area (Å²) in [4.78, 5) is 54.5. The van der Waals surface area contributed by atoms with E-state index in [1.807, 2.05) is 60.1 Å². The van der Waals surface area contributed by atoms with Gasteiger partial charge in [-0.2, -0.15) is 4.57 Å². The van der Waals surface area contributed by atoms with Crippen LogP contribution in [0.1, 0.15) is 21.5 Å². The van der Waals surface area contributed by atoms with E-state index in [0.29, 0.717) is 26.6 Å². The first-order valence-corrected chi connectivity index (χ1v) is 16.2. The van der Waals surface area contributed by atoms with Gasteiger partial charge in [0, 0.05) is 29.8 Å². The Bertz CT molecular complexity index is 2170. The molecule has 0 aliphatic rings. The van der Waals surface area contributed by atoms with Gasteiger partial charge in [0.05, 0.1) is 34.3 Å². The number of nitrogens with zero attached hydrogens (tertiary/aromatic N) is 2. The van der Waals surface area contributed by atoms with E-state index in [1.165, 1.54) is 19.1 Å². The molecule has 0 aliphatic heterocycles. The Hall–Kier alpha value is -6.00. The molecule has 0 spiro atoms. The van der Waals surface area contributed by atoms with Crippen LogP contribution < -0.4 is 29.5 Å². The molecule has 254 valence electrons. The molecule has 2 amide bonds. The molecule has 0 bridgehead atoms. The lowest BCUT2D eigenvalue weighted by Gasteiger charge is -2.16. The van der Waals surface area contributed by atoms with E-state index >= 15 is 0 Å². The van der Waals surface area contributed by atoms with Crippen LogP contribution in [0.25, 0.3) is 21.8 Å². The first-order chi connectivity index (χ1) is 23.3. The second-order valence-electron chi connectivity index (χ2n) is 10.9. The maximum atomic E-state index is 13.8.